The van der Waals surface area contributed by atoms with Gasteiger partial charge >= 0.3 is 6.03 Å². The second-order valence-electron chi connectivity index (χ2n) is 8.66. The van der Waals surface area contributed by atoms with E-state index in [9.17, 15) is 14.4 Å². The van der Waals surface area contributed by atoms with Crippen LogP contribution in [0.15, 0.2) is 24.3 Å². The molecule has 1 spiro atoms. The highest BCUT2D eigenvalue weighted by atomic mass is 16.5. The highest BCUT2D eigenvalue weighted by molar-refractivity contribution is 6.07. The van der Waals surface area contributed by atoms with E-state index in [0.29, 0.717) is 18.5 Å². The topological polar surface area (TPSA) is 94.2 Å². The van der Waals surface area contributed by atoms with Crippen molar-refractivity contribution in [2.75, 3.05) is 56.8 Å². The third-order valence-corrected chi connectivity index (χ3v) is 6.28. The number of hydrogen-bond donors (Lipinski definition) is 2. The van der Waals surface area contributed by atoms with E-state index in [1.807, 2.05) is 24.3 Å². The van der Waals surface area contributed by atoms with Crippen molar-refractivity contribution in [3.05, 3.63) is 24.3 Å². The summed E-state index contributed by atoms with van der Waals surface area (Å²) in [7, 11) is 1.73. The van der Waals surface area contributed by atoms with Gasteiger partial charge in [0.1, 0.15) is 5.54 Å². The van der Waals surface area contributed by atoms with Crippen molar-refractivity contribution < 1.29 is 19.1 Å². The van der Waals surface area contributed by atoms with E-state index in [1.54, 1.807) is 11.9 Å². The lowest BCUT2D eigenvalue weighted by atomic mass is 9.82. The van der Waals surface area contributed by atoms with E-state index in [-0.39, 0.29) is 31.1 Å². The van der Waals surface area contributed by atoms with Crippen LogP contribution in [-0.2, 0) is 14.3 Å². The number of carbonyl (C=O) groups is 3. The summed E-state index contributed by atoms with van der Waals surface area (Å²) >= 11 is 0. The van der Waals surface area contributed by atoms with E-state index in [2.05, 4.69) is 15.5 Å². The zero-order valence-electron chi connectivity index (χ0n) is 18.1. The molecule has 168 valence electrons. The molecule has 1 aromatic carbocycles. The van der Waals surface area contributed by atoms with Gasteiger partial charge in [-0.15, -0.1) is 0 Å². The monoisotopic (exact) mass is 429 g/mol. The van der Waals surface area contributed by atoms with Crippen molar-refractivity contribution in [1.29, 1.82) is 0 Å². The van der Waals surface area contributed by atoms with Gasteiger partial charge in [-0.2, -0.15) is 0 Å². The lowest BCUT2D eigenvalue weighted by Crippen LogP contribution is -2.49. The molecule has 2 saturated heterocycles. The smallest absolute Gasteiger partial charge is 0.326 e. The normalized spacial score (nSPS) is 21.0. The number of anilines is 2. The molecular weight excluding hydrogens is 398 g/mol. The molecule has 3 aliphatic rings. The zero-order valence-corrected chi connectivity index (χ0v) is 18.1. The molecule has 2 N–H and O–H groups in total. The number of likely N-dealkylation sites (N-methyl/N-ethyl adjacent to an activating group) is 1. The fraction of sp³-hybridized carbons (Fsp3) is 0.591. The summed E-state index contributed by atoms with van der Waals surface area (Å²) in [6.45, 7) is 3.35. The SMILES string of the molecule is CN(CC(=O)Nc1ccc(N2CCOCC2)cc1)CN1C(=O)NC2(CCCCC2)C1=O. The Morgan fingerprint density at radius 3 is 2.48 bits per heavy atom. The minimum atomic E-state index is -0.735. The van der Waals surface area contributed by atoms with Gasteiger partial charge in [-0.3, -0.25) is 14.5 Å². The molecule has 0 atom stereocenters. The number of rotatable bonds is 6. The van der Waals surface area contributed by atoms with E-state index in [4.69, 9.17) is 4.74 Å². The molecular formula is C22H31N5O4. The van der Waals surface area contributed by atoms with Crippen LogP contribution in [0.1, 0.15) is 32.1 Å². The van der Waals surface area contributed by atoms with Gasteiger partial charge in [0.25, 0.3) is 5.91 Å². The average Bonchev–Trinajstić information content (AvgIpc) is 2.99. The van der Waals surface area contributed by atoms with E-state index >= 15 is 0 Å². The fourth-order valence-electron chi connectivity index (χ4n) is 4.61. The quantitative estimate of drug-likeness (QED) is 0.668. The minimum Gasteiger partial charge on any atom is -0.378 e. The highest BCUT2D eigenvalue weighted by Crippen LogP contribution is 2.33. The largest absolute Gasteiger partial charge is 0.378 e. The van der Waals surface area contributed by atoms with Crippen LogP contribution >= 0.6 is 0 Å². The number of imide groups is 1. The maximum absolute atomic E-state index is 12.9. The molecule has 0 aromatic heterocycles. The second kappa shape index (κ2) is 9.23. The lowest BCUT2D eigenvalue weighted by Gasteiger charge is -2.30. The predicted octanol–water partition coefficient (Wildman–Crippen LogP) is 1.61. The van der Waals surface area contributed by atoms with E-state index in [1.165, 1.54) is 4.90 Å². The maximum Gasteiger partial charge on any atom is 0.326 e. The van der Waals surface area contributed by atoms with Crippen molar-refractivity contribution in [3.63, 3.8) is 0 Å². The summed E-state index contributed by atoms with van der Waals surface area (Å²) in [6.07, 6.45) is 4.38. The van der Waals surface area contributed by atoms with Gasteiger partial charge in [0.15, 0.2) is 0 Å². The van der Waals surface area contributed by atoms with Crippen molar-refractivity contribution in [1.82, 2.24) is 15.1 Å². The van der Waals surface area contributed by atoms with Crippen LogP contribution in [-0.4, -0.2) is 79.7 Å². The van der Waals surface area contributed by atoms with E-state index < -0.39 is 5.54 Å². The number of nitrogens with zero attached hydrogens (tertiary/aromatic N) is 3. The van der Waals surface area contributed by atoms with Gasteiger partial charge in [0.2, 0.25) is 5.91 Å². The van der Waals surface area contributed by atoms with Gasteiger partial charge in [0.05, 0.1) is 26.4 Å². The molecule has 2 heterocycles. The molecule has 2 aliphatic heterocycles. The molecule has 0 radical (unpaired) electrons. The Kier molecular flexibility index (Phi) is 6.43. The van der Waals surface area contributed by atoms with Crippen LogP contribution in [0.25, 0.3) is 0 Å². The van der Waals surface area contributed by atoms with Crippen molar-refractivity contribution in [3.8, 4) is 0 Å². The lowest BCUT2D eigenvalue weighted by molar-refractivity contribution is -0.134. The third kappa shape index (κ3) is 4.83. The molecule has 9 nitrogen and oxygen atoms in total. The Hall–Kier alpha value is -2.65. The van der Waals surface area contributed by atoms with Gasteiger partial charge in [-0.25, -0.2) is 9.69 Å². The Morgan fingerprint density at radius 2 is 1.81 bits per heavy atom. The minimum absolute atomic E-state index is 0.0786. The number of amides is 4. The maximum atomic E-state index is 12.9. The number of carbonyl (C=O) groups excluding carboxylic acids is 3. The van der Waals surface area contributed by atoms with Crippen molar-refractivity contribution in [2.24, 2.45) is 0 Å². The molecule has 31 heavy (non-hydrogen) atoms. The number of morpholine rings is 1. The zero-order chi connectivity index (χ0) is 21.8. The Bertz CT molecular complexity index is 816. The Morgan fingerprint density at radius 1 is 1.13 bits per heavy atom. The van der Waals surface area contributed by atoms with Crippen molar-refractivity contribution >= 4 is 29.2 Å². The summed E-state index contributed by atoms with van der Waals surface area (Å²) in [6, 6.07) is 7.38. The van der Waals surface area contributed by atoms with Gasteiger partial charge in [0, 0.05) is 24.5 Å². The third-order valence-electron chi connectivity index (χ3n) is 6.28. The molecule has 1 saturated carbocycles. The fourth-order valence-corrected chi connectivity index (χ4v) is 4.61. The number of nitrogens with one attached hydrogen (secondary N) is 2. The first kappa shape index (κ1) is 21.6. The van der Waals surface area contributed by atoms with Crippen LogP contribution in [0.3, 0.4) is 0 Å². The van der Waals surface area contributed by atoms with Crippen LogP contribution in [0.5, 0.6) is 0 Å². The molecule has 4 rings (SSSR count). The summed E-state index contributed by atoms with van der Waals surface area (Å²) < 4.78 is 5.38. The van der Waals surface area contributed by atoms with Gasteiger partial charge < -0.3 is 20.3 Å². The van der Waals surface area contributed by atoms with Crippen molar-refractivity contribution in [2.45, 2.75) is 37.6 Å². The molecule has 4 amide bonds. The number of hydrogen-bond acceptors (Lipinski definition) is 6. The number of ether oxygens (including phenoxy) is 1. The summed E-state index contributed by atoms with van der Waals surface area (Å²) in [5, 5.41) is 5.78. The summed E-state index contributed by atoms with van der Waals surface area (Å²) in [5.41, 5.74) is 1.08. The molecule has 0 bridgehead atoms. The Labute approximate surface area is 182 Å². The Balaban J connectivity index is 1.27. The molecule has 0 unspecified atom stereocenters. The molecule has 1 aromatic rings. The number of benzene rings is 1. The first-order chi connectivity index (χ1) is 15.0. The average molecular weight is 430 g/mol. The van der Waals surface area contributed by atoms with Gasteiger partial charge in [-0.1, -0.05) is 19.3 Å². The number of urea groups is 1. The molecule has 1 aliphatic carbocycles. The summed E-state index contributed by atoms with van der Waals surface area (Å²) in [5.74, 6) is -0.357. The van der Waals surface area contributed by atoms with E-state index in [0.717, 1.165) is 51.3 Å². The van der Waals surface area contributed by atoms with Crippen LogP contribution in [0, 0.1) is 0 Å². The summed E-state index contributed by atoms with van der Waals surface area (Å²) in [4.78, 5) is 42.9. The standard InChI is InChI=1S/C22H31N5O4/c1-25(16-27-20(29)22(24-21(27)30)9-3-2-4-10-22)15-19(28)23-17-5-7-18(8-6-17)26-11-13-31-14-12-26/h5-8H,2-4,9-16H2,1H3,(H,23,28)(H,24,30). The highest BCUT2D eigenvalue weighted by Gasteiger charge is 2.51. The molecule has 9 heteroatoms. The first-order valence-corrected chi connectivity index (χ1v) is 11.0. The van der Waals surface area contributed by atoms with Crippen LogP contribution in [0.2, 0.25) is 0 Å². The van der Waals surface area contributed by atoms with Crippen LogP contribution in [0.4, 0.5) is 16.2 Å². The first-order valence-electron chi connectivity index (χ1n) is 11.0. The molecule has 3 fully saturated rings. The predicted molar refractivity (Wildman–Crippen MR) is 117 cm³/mol. The van der Waals surface area contributed by atoms with Crippen LogP contribution < -0.4 is 15.5 Å². The van der Waals surface area contributed by atoms with Gasteiger partial charge in [-0.05, 0) is 44.2 Å². The second-order valence-corrected chi connectivity index (χ2v) is 8.66.